The molecule has 1 aliphatic heterocycles. The summed E-state index contributed by atoms with van der Waals surface area (Å²) < 4.78 is 0. The zero-order valence-electron chi connectivity index (χ0n) is 28.3. The number of carbonyl (C=O) groups is 3. The number of hydrogen-bond acceptors (Lipinski definition) is 5. The number of aromatic nitrogens is 1. The van der Waals surface area contributed by atoms with E-state index in [1.54, 1.807) is 22.9 Å². The van der Waals surface area contributed by atoms with Crippen LogP contribution in [-0.2, 0) is 27.3 Å². The van der Waals surface area contributed by atoms with Gasteiger partial charge in [0.1, 0.15) is 12.1 Å². The van der Waals surface area contributed by atoms with Gasteiger partial charge in [-0.25, -0.2) is 0 Å². The molecule has 4 aliphatic carbocycles. The van der Waals surface area contributed by atoms with E-state index in [-0.39, 0.29) is 43.2 Å². The predicted molar refractivity (Wildman–Crippen MR) is 186 cm³/mol. The van der Waals surface area contributed by atoms with Crippen molar-refractivity contribution in [3.8, 4) is 0 Å². The van der Waals surface area contributed by atoms with Gasteiger partial charge in [0, 0.05) is 61.6 Å². The highest BCUT2D eigenvalue weighted by molar-refractivity contribution is 6.31. The number of likely N-dealkylation sites (tertiary alicyclic amines) is 1. The van der Waals surface area contributed by atoms with Crippen molar-refractivity contribution in [2.75, 3.05) is 34.2 Å². The molecule has 1 saturated heterocycles. The number of fused-ring (bicyclic) bond motifs is 1. The zero-order chi connectivity index (χ0) is 33.8. The molecule has 48 heavy (non-hydrogen) atoms. The van der Waals surface area contributed by atoms with Gasteiger partial charge in [-0.05, 0) is 93.1 Å². The van der Waals surface area contributed by atoms with Crippen LogP contribution in [0.25, 0.3) is 10.9 Å². The second-order valence-corrected chi connectivity index (χ2v) is 16.2. The Morgan fingerprint density at radius 2 is 1.71 bits per heavy atom. The molecule has 5 atom stereocenters. The highest BCUT2D eigenvalue weighted by Gasteiger charge is 2.62. The molecule has 3 aromatic rings. The van der Waals surface area contributed by atoms with Crippen LogP contribution in [0.15, 0.2) is 54.7 Å². The fraction of sp³-hybridized carbons (Fsp3) is 0.553. The number of hydrogen-bond donors (Lipinski definition) is 3. The van der Waals surface area contributed by atoms with E-state index in [0.717, 1.165) is 47.8 Å². The lowest BCUT2D eigenvalue weighted by molar-refractivity contribution is -0.171. The molecule has 256 valence electrons. The first kappa shape index (κ1) is 33.1. The van der Waals surface area contributed by atoms with Crippen molar-refractivity contribution < 1.29 is 19.5 Å². The summed E-state index contributed by atoms with van der Waals surface area (Å²) in [5.74, 6) is 0.434. The van der Waals surface area contributed by atoms with Gasteiger partial charge in [0.15, 0.2) is 0 Å². The maximum atomic E-state index is 14.7. The van der Waals surface area contributed by atoms with Crippen molar-refractivity contribution in [3.63, 3.8) is 0 Å². The number of benzene rings is 2. The number of aliphatic hydroxyl groups excluding tert-OH is 1. The second kappa shape index (κ2) is 12.8. The highest BCUT2D eigenvalue weighted by Crippen LogP contribution is 2.66. The summed E-state index contributed by atoms with van der Waals surface area (Å²) in [5, 5.41) is 15.5. The van der Waals surface area contributed by atoms with Crippen molar-refractivity contribution in [2.24, 2.45) is 22.7 Å². The normalized spacial score (nSPS) is 29.8. The van der Waals surface area contributed by atoms with Crippen molar-refractivity contribution >= 4 is 40.2 Å². The molecular formula is C38H48ClN5O4. The van der Waals surface area contributed by atoms with E-state index in [4.69, 9.17) is 11.6 Å². The van der Waals surface area contributed by atoms with E-state index >= 15 is 0 Å². The Labute approximate surface area is 288 Å². The maximum Gasteiger partial charge on any atom is 0.245 e. The number of para-hydroxylation sites is 1. The van der Waals surface area contributed by atoms with Crippen molar-refractivity contribution in [1.82, 2.24) is 25.0 Å². The van der Waals surface area contributed by atoms with Gasteiger partial charge in [0.2, 0.25) is 17.7 Å². The van der Waals surface area contributed by atoms with Gasteiger partial charge >= 0.3 is 0 Å². The molecule has 0 spiro atoms. The van der Waals surface area contributed by atoms with E-state index in [9.17, 15) is 19.5 Å². The fourth-order valence-electron chi connectivity index (χ4n) is 10.4. The van der Waals surface area contributed by atoms with Gasteiger partial charge in [0.05, 0.1) is 11.5 Å². The lowest BCUT2D eigenvalue weighted by Crippen LogP contribution is -2.62. The Morgan fingerprint density at radius 1 is 1.00 bits per heavy atom. The van der Waals surface area contributed by atoms with Crippen molar-refractivity contribution in [3.05, 3.63) is 70.9 Å². The Hall–Kier alpha value is -3.40. The number of rotatable bonds is 10. The summed E-state index contributed by atoms with van der Waals surface area (Å²) in [5.41, 5.74) is 2.31. The Morgan fingerprint density at radius 3 is 2.44 bits per heavy atom. The molecule has 4 saturated carbocycles. The number of amides is 3. The largest absolute Gasteiger partial charge is 0.391 e. The smallest absolute Gasteiger partial charge is 0.245 e. The molecule has 1 aromatic heterocycles. The molecule has 2 aromatic carbocycles. The monoisotopic (exact) mass is 673 g/mol. The summed E-state index contributed by atoms with van der Waals surface area (Å²) in [6.07, 6.45) is 7.63. The fourth-order valence-corrected chi connectivity index (χ4v) is 10.6. The van der Waals surface area contributed by atoms with Gasteiger partial charge in [-0.15, -0.1) is 0 Å². The molecule has 5 aliphatic rings. The average molecular weight is 674 g/mol. The van der Waals surface area contributed by atoms with Gasteiger partial charge in [-0.2, -0.15) is 0 Å². The van der Waals surface area contributed by atoms with Crippen LogP contribution >= 0.6 is 11.6 Å². The van der Waals surface area contributed by atoms with Crippen LogP contribution in [0.3, 0.4) is 0 Å². The number of halogens is 1. The standard InChI is InChI=1S/C38H48ClN5O4/c1-42(2)23-37-15-24-12-25(16-37)18-38(17-24,22-37)36(48)44-21-28(45)14-33(44)34(46)41-32(13-27-19-40-31-11-7-5-9-29(27)31)35(47)43(3)20-26-8-4-6-10-30(26)39/h4-11,19,24-25,28,32-33,40,45H,12-18,20-23H2,1-3H3,(H,41,46)/t24?,25?,28-,32?,33?,37?,38?/m1/s1. The molecule has 3 amide bonds. The number of β-amino-alcohol motifs (C(OH)–C–C–N with tert-alkyl or cyclic N) is 1. The van der Waals surface area contributed by atoms with E-state index in [2.05, 4.69) is 29.3 Å². The highest BCUT2D eigenvalue weighted by atomic mass is 35.5. The van der Waals surface area contributed by atoms with Gasteiger partial charge in [0.25, 0.3) is 0 Å². The SMILES string of the molecule is CN(C)CC12CC3CC(C1)CC(C(=O)N1C[C@H](O)CC1C(=O)NC(Cc1c[nH]c4ccccc14)C(=O)N(C)Cc1ccccc1Cl)(C3)C2. The van der Waals surface area contributed by atoms with Crippen LogP contribution in [0.4, 0.5) is 0 Å². The van der Waals surface area contributed by atoms with E-state index < -0.39 is 29.5 Å². The molecule has 3 N–H and O–H groups in total. The van der Waals surface area contributed by atoms with Gasteiger partial charge < -0.3 is 30.1 Å². The van der Waals surface area contributed by atoms with Crippen LogP contribution in [0.1, 0.15) is 56.1 Å². The molecule has 5 fully saturated rings. The van der Waals surface area contributed by atoms with E-state index in [1.165, 1.54) is 19.3 Å². The zero-order valence-corrected chi connectivity index (χ0v) is 29.0. The number of carbonyl (C=O) groups excluding carboxylic acids is 3. The topological polar surface area (TPSA) is 109 Å². The predicted octanol–water partition coefficient (Wildman–Crippen LogP) is 4.62. The Bertz CT molecular complexity index is 1690. The number of aromatic amines is 1. The summed E-state index contributed by atoms with van der Waals surface area (Å²) in [6.45, 7) is 1.40. The van der Waals surface area contributed by atoms with Crippen LogP contribution in [-0.4, -0.2) is 94.9 Å². The Kier molecular flexibility index (Phi) is 8.84. The quantitative estimate of drug-likeness (QED) is 0.291. The van der Waals surface area contributed by atoms with Crippen molar-refractivity contribution in [1.29, 1.82) is 0 Å². The minimum atomic E-state index is -0.887. The number of aliphatic hydroxyl groups is 1. The number of nitrogens with zero attached hydrogens (tertiary/aromatic N) is 3. The second-order valence-electron chi connectivity index (χ2n) is 15.8. The first-order valence-corrected chi connectivity index (χ1v) is 17.8. The summed E-state index contributed by atoms with van der Waals surface area (Å²) in [7, 11) is 5.94. The van der Waals surface area contributed by atoms with Crippen molar-refractivity contribution in [2.45, 2.75) is 76.1 Å². The van der Waals surface area contributed by atoms with Crippen LogP contribution < -0.4 is 5.32 Å². The average Bonchev–Trinajstić information content (AvgIpc) is 3.63. The lowest BCUT2D eigenvalue weighted by atomic mass is 9.43. The molecule has 4 bridgehead atoms. The third-order valence-electron chi connectivity index (χ3n) is 11.6. The molecule has 10 heteroatoms. The molecular weight excluding hydrogens is 626 g/mol. The molecule has 4 unspecified atom stereocenters. The number of H-pyrrole nitrogens is 1. The van der Waals surface area contributed by atoms with Crippen LogP contribution in [0, 0.1) is 22.7 Å². The van der Waals surface area contributed by atoms with E-state index in [0.29, 0.717) is 16.9 Å². The third-order valence-corrected chi connectivity index (χ3v) is 12.0. The number of nitrogens with one attached hydrogen (secondary N) is 2. The summed E-state index contributed by atoms with van der Waals surface area (Å²) >= 11 is 6.43. The molecule has 0 radical (unpaired) electrons. The first-order chi connectivity index (χ1) is 22.9. The van der Waals surface area contributed by atoms with E-state index in [1.807, 2.05) is 48.7 Å². The molecule has 2 heterocycles. The van der Waals surface area contributed by atoms with Gasteiger partial charge in [-0.1, -0.05) is 48.0 Å². The maximum absolute atomic E-state index is 14.7. The molecule has 9 nitrogen and oxygen atoms in total. The lowest BCUT2D eigenvalue weighted by Gasteiger charge is -2.62. The first-order valence-electron chi connectivity index (χ1n) is 17.4. The Balaban J connectivity index is 1.14. The van der Waals surface area contributed by atoms with Gasteiger partial charge in [-0.3, -0.25) is 14.4 Å². The van der Waals surface area contributed by atoms with Crippen LogP contribution in [0.2, 0.25) is 5.02 Å². The minimum absolute atomic E-state index is 0.0202. The van der Waals surface area contributed by atoms with Crippen LogP contribution in [0.5, 0.6) is 0 Å². The molecule has 8 rings (SSSR count). The third kappa shape index (κ3) is 6.25. The summed E-state index contributed by atoms with van der Waals surface area (Å²) in [4.78, 5) is 51.9. The number of likely N-dealkylation sites (N-methyl/N-ethyl adjacent to an activating group) is 1. The minimum Gasteiger partial charge on any atom is -0.391 e. The summed E-state index contributed by atoms with van der Waals surface area (Å²) in [6, 6.07) is 13.6.